The van der Waals surface area contributed by atoms with Gasteiger partial charge in [-0.3, -0.25) is 0 Å². The first-order chi connectivity index (χ1) is 10.2. The molecule has 0 atom stereocenters. The molecule has 0 aliphatic carbocycles. The van der Waals surface area contributed by atoms with E-state index in [1.165, 1.54) is 0 Å². The highest BCUT2D eigenvalue weighted by atomic mass is 16.5. The molecule has 0 fully saturated rings. The highest BCUT2D eigenvalue weighted by molar-refractivity contribution is 5.98. The lowest BCUT2D eigenvalue weighted by atomic mass is 10.1. The van der Waals surface area contributed by atoms with Crippen molar-refractivity contribution >= 4 is 22.6 Å². The van der Waals surface area contributed by atoms with E-state index >= 15 is 0 Å². The number of benzene rings is 1. The number of aromatic nitrogens is 1. The largest absolute Gasteiger partial charge is 0.477 e. The van der Waals surface area contributed by atoms with Gasteiger partial charge in [-0.15, -0.1) is 6.58 Å². The molecule has 0 radical (unpaired) electrons. The molecular weight excluding hydrogens is 268 g/mol. The van der Waals surface area contributed by atoms with Crippen LogP contribution in [0.3, 0.4) is 0 Å². The first-order valence-corrected chi connectivity index (χ1v) is 6.65. The standard InChI is InChI=1S/C16H18N2O3/c1-3-8-18(9-10-21-2)15-13-7-5-4-6-12(13)11-14(17-15)16(19)20/h3-7,11H,1,8-10H2,2H3,(H,19,20). The number of pyridine rings is 1. The van der Waals surface area contributed by atoms with Gasteiger partial charge in [-0.2, -0.15) is 0 Å². The monoisotopic (exact) mass is 286 g/mol. The van der Waals surface area contributed by atoms with Gasteiger partial charge in [0.05, 0.1) is 6.61 Å². The Labute approximate surface area is 123 Å². The number of carboxylic acids is 1. The van der Waals surface area contributed by atoms with E-state index in [4.69, 9.17) is 4.74 Å². The molecule has 5 heteroatoms. The maximum atomic E-state index is 11.3. The van der Waals surface area contributed by atoms with Crippen LogP contribution in [0.25, 0.3) is 10.8 Å². The molecule has 2 aromatic rings. The van der Waals surface area contributed by atoms with Crippen molar-refractivity contribution in [1.29, 1.82) is 0 Å². The number of methoxy groups -OCH3 is 1. The van der Waals surface area contributed by atoms with Gasteiger partial charge in [-0.25, -0.2) is 9.78 Å². The van der Waals surface area contributed by atoms with Gasteiger partial charge in [0.25, 0.3) is 0 Å². The van der Waals surface area contributed by atoms with Gasteiger partial charge < -0.3 is 14.7 Å². The predicted octanol–water partition coefficient (Wildman–Crippen LogP) is 2.57. The quantitative estimate of drug-likeness (QED) is 0.793. The molecule has 0 aliphatic heterocycles. The van der Waals surface area contributed by atoms with Gasteiger partial charge in [0.1, 0.15) is 5.82 Å². The van der Waals surface area contributed by atoms with E-state index in [2.05, 4.69) is 11.6 Å². The fraction of sp³-hybridized carbons (Fsp3) is 0.250. The van der Waals surface area contributed by atoms with E-state index in [1.807, 2.05) is 29.2 Å². The van der Waals surface area contributed by atoms with Gasteiger partial charge in [0.2, 0.25) is 0 Å². The van der Waals surface area contributed by atoms with Crippen molar-refractivity contribution in [3.8, 4) is 0 Å². The lowest BCUT2D eigenvalue weighted by Crippen LogP contribution is -2.28. The summed E-state index contributed by atoms with van der Waals surface area (Å²) in [6.45, 7) is 5.46. The van der Waals surface area contributed by atoms with Crippen molar-refractivity contribution in [2.75, 3.05) is 31.7 Å². The van der Waals surface area contributed by atoms with Gasteiger partial charge in [0, 0.05) is 25.6 Å². The predicted molar refractivity (Wildman–Crippen MR) is 83.0 cm³/mol. The van der Waals surface area contributed by atoms with Gasteiger partial charge in [0.15, 0.2) is 5.69 Å². The lowest BCUT2D eigenvalue weighted by Gasteiger charge is -2.23. The molecule has 0 unspecified atom stereocenters. The Bertz CT molecular complexity index is 655. The van der Waals surface area contributed by atoms with Crippen LogP contribution in [0.4, 0.5) is 5.82 Å². The third kappa shape index (κ3) is 3.38. The Balaban J connectivity index is 2.57. The van der Waals surface area contributed by atoms with Crippen LogP contribution in [0.1, 0.15) is 10.5 Å². The maximum Gasteiger partial charge on any atom is 0.354 e. The number of carbonyl (C=O) groups is 1. The molecule has 21 heavy (non-hydrogen) atoms. The van der Waals surface area contributed by atoms with Crippen molar-refractivity contribution < 1.29 is 14.6 Å². The van der Waals surface area contributed by atoms with Crippen molar-refractivity contribution in [3.05, 3.63) is 48.7 Å². The van der Waals surface area contributed by atoms with Crippen LogP contribution in [0, 0.1) is 0 Å². The lowest BCUT2D eigenvalue weighted by molar-refractivity contribution is 0.0691. The minimum absolute atomic E-state index is 0.0372. The van der Waals surface area contributed by atoms with Crippen LogP contribution >= 0.6 is 0 Å². The van der Waals surface area contributed by atoms with Crippen LogP contribution < -0.4 is 4.90 Å². The molecule has 0 saturated heterocycles. The van der Waals surface area contributed by atoms with E-state index < -0.39 is 5.97 Å². The summed E-state index contributed by atoms with van der Waals surface area (Å²) in [6.07, 6.45) is 1.76. The maximum absolute atomic E-state index is 11.3. The number of hydrogen-bond donors (Lipinski definition) is 1. The molecule has 0 spiro atoms. The van der Waals surface area contributed by atoms with Crippen LogP contribution in [0.15, 0.2) is 43.0 Å². The molecule has 5 nitrogen and oxygen atoms in total. The van der Waals surface area contributed by atoms with Gasteiger partial charge >= 0.3 is 5.97 Å². The number of ether oxygens (including phenoxy) is 1. The molecule has 0 aliphatic rings. The normalized spacial score (nSPS) is 10.5. The second-order valence-electron chi connectivity index (χ2n) is 4.58. The summed E-state index contributed by atoms with van der Waals surface area (Å²) >= 11 is 0. The summed E-state index contributed by atoms with van der Waals surface area (Å²) in [7, 11) is 1.63. The van der Waals surface area contributed by atoms with Crippen molar-refractivity contribution in [2.45, 2.75) is 0 Å². The van der Waals surface area contributed by atoms with E-state index in [0.717, 1.165) is 10.8 Å². The van der Waals surface area contributed by atoms with Gasteiger partial charge in [-0.1, -0.05) is 30.3 Å². The average Bonchev–Trinajstić information content (AvgIpc) is 2.50. The first kappa shape index (κ1) is 15.0. The fourth-order valence-electron chi connectivity index (χ4n) is 2.17. The first-order valence-electron chi connectivity index (χ1n) is 6.65. The zero-order valence-electron chi connectivity index (χ0n) is 12.0. The van der Waals surface area contributed by atoms with Crippen LogP contribution in [0.5, 0.6) is 0 Å². The Hall–Kier alpha value is -2.40. The molecule has 1 aromatic heterocycles. The van der Waals surface area contributed by atoms with Crippen molar-refractivity contribution in [2.24, 2.45) is 0 Å². The molecule has 0 bridgehead atoms. The highest BCUT2D eigenvalue weighted by Crippen LogP contribution is 2.25. The second-order valence-corrected chi connectivity index (χ2v) is 4.58. The Morgan fingerprint density at radius 1 is 1.48 bits per heavy atom. The minimum atomic E-state index is -1.03. The molecule has 0 saturated carbocycles. The number of hydrogen-bond acceptors (Lipinski definition) is 4. The molecule has 2 rings (SSSR count). The number of carboxylic acid groups (broad SMARTS) is 1. The minimum Gasteiger partial charge on any atom is -0.477 e. The molecule has 0 amide bonds. The van der Waals surface area contributed by atoms with E-state index in [1.54, 1.807) is 19.3 Å². The summed E-state index contributed by atoms with van der Waals surface area (Å²) < 4.78 is 5.11. The summed E-state index contributed by atoms with van der Waals surface area (Å²) in [5.74, 6) is -0.394. The smallest absolute Gasteiger partial charge is 0.354 e. The SMILES string of the molecule is C=CCN(CCOC)c1nc(C(=O)O)cc2ccccc12. The number of anilines is 1. The zero-order chi connectivity index (χ0) is 15.2. The third-order valence-corrected chi connectivity index (χ3v) is 3.15. The topological polar surface area (TPSA) is 62.7 Å². The number of nitrogens with zero attached hydrogens (tertiary/aromatic N) is 2. The molecule has 1 heterocycles. The van der Waals surface area contributed by atoms with E-state index in [0.29, 0.717) is 25.5 Å². The van der Waals surface area contributed by atoms with E-state index in [9.17, 15) is 9.90 Å². The second kappa shape index (κ2) is 6.85. The Kier molecular flexibility index (Phi) is 4.90. The average molecular weight is 286 g/mol. The zero-order valence-corrected chi connectivity index (χ0v) is 12.0. The van der Waals surface area contributed by atoms with Crippen molar-refractivity contribution in [1.82, 2.24) is 4.98 Å². The van der Waals surface area contributed by atoms with Crippen molar-refractivity contribution in [3.63, 3.8) is 0 Å². The summed E-state index contributed by atoms with van der Waals surface area (Å²) in [5, 5.41) is 11.0. The van der Waals surface area contributed by atoms with Crippen LogP contribution in [0.2, 0.25) is 0 Å². The van der Waals surface area contributed by atoms with Crippen LogP contribution in [-0.2, 0) is 4.74 Å². The summed E-state index contributed by atoms with van der Waals surface area (Å²) in [5.41, 5.74) is 0.0372. The Morgan fingerprint density at radius 2 is 2.24 bits per heavy atom. The van der Waals surface area contributed by atoms with E-state index in [-0.39, 0.29) is 5.69 Å². The number of rotatable bonds is 7. The number of aromatic carboxylic acids is 1. The summed E-state index contributed by atoms with van der Waals surface area (Å²) in [4.78, 5) is 17.5. The molecule has 110 valence electrons. The molecule has 1 N–H and O–H groups in total. The van der Waals surface area contributed by atoms with Crippen LogP contribution in [-0.4, -0.2) is 42.9 Å². The number of fused-ring (bicyclic) bond motifs is 1. The Morgan fingerprint density at radius 3 is 2.90 bits per heavy atom. The molecular formula is C16H18N2O3. The molecule has 1 aromatic carbocycles. The highest BCUT2D eigenvalue weighted by Gasteiger charge is 2.15. The van der Waals surface area contributed by atoms with Gasteiger partial charge in [-0.05, 0) is 11.5 Å². The third-order valence-electron chi connectivity index (χ3n) is 3.15. The fourth-order valence-corrected chi connectivity index (χ4v) is 2.17. The summed E-state index contributed by atoms with van der Waals surface area (Å²) in [6, 6.07) is 9.20.